The number of ether oxygens (including phenoxy) is 1. The molecule has 1 saturated carbocycles. The fourth-order valence-electron chi connectivity index (χ4n) is 3.80. The molecular weight excluding hydrogens is 378 g/mol. The van der Waals surface area contributed by atoms with Crippen molar-refractivity contribution in [3.63, 3.8) is 0 Å². The number of thiophene rings is 1. The molecule has 0 unspecified atom stereocenters. The molecule has 0 aromatic carbocycles. The fourth-order valence-corrected chi connectivity index (χ4v) is 5.06. The van der Waals surface area contributed by atoms with Crippen LogP contribution in [0.5, 0.6) is 0 Å². The summed E-state index contributed by atoms with van der Waals surface area (Å²) in [6, 6.07) is 2.18. The Labute approximate surface area is 168 Å². The molecule has 1 aromatic heterocycles. The van der Waals surface area contributed by atoms with Crippen LogP contribution in [0.25, 0.3) is 0 Å². The predicted molar refractivity (Wildman–Crippen MR) is 105 cm³/mol. The normalized spacial score (nSPS) is 16.5. The second-order valence-electron chi connectivity index (χ2n) is 7.29. The quantitative estimate of drug-likeness (QED) is 0.710. The molecule has 3 rings (SSSR count). The third-order valence-corrected chi connectivity index (χ3v) is 6.49. The summed E-state index contributed by atoms with van der Waals surface area (Å²) in [5, 5.41) is 15.2. The van der Waals surface area contributed by atoms with Crippen molar-refractivity contribution >= 4 is 34.1 Å². The smallest absolute Gasteiger partial charge is 0.325 e. The molecule has 0 saturated heterocycles. The average Bonchev–Trinajstić information content (AvgIpc) is 3.07. The van der Waals surface area contributed by atoms with Gasteiger partial charge in [0.15, 0.2) is 6.61 Å². The summed E-state index contributed by atoms with van der Waals surface area (Å²) < 4.78 is 4.95. The summed E-state index contributed by atoms with van der Waals surface area (Å²) in [5.74, 6) is -1.28. The van der Waals surface area contributed by atoms with Crippen molar-refractivity contribution in [1.29, 1.82) is 5.26 Å². The number of carbonyl (C=O) groups excluding carboxylic acids is 3. The Morgan fingerprint density at radius 3 is 2.61 bits per heavy atom. The summed E-state index contributed by atoms with van der Waals surface area (Å²) in [4.78, 5) is 37.1. The van der Waals surface area contributed by atoms with Gasteiger partial charge in [0.05, 0.1) is 5.56 Å². The first-order chi connectivity index (χ1) is 13.6. The molecule has 0 atom stereocenters. The largest absolute Gasteiger partial charge is 0.454 e. The van der Waals surface area contributed by atoms with E-state index in [2.05, 4.69) is 16.7 Å². The van der Waals surface area contributed by atoms with Gasteiger partial charge >= 0.3 is 5.97 Å². The number of amides is 2. The van der Waals surface area contributed by atoms with E-state index in [0.29, 0.717) is 10.6 Å². The first kappa shape index (κ1) is 20.3. The molecule has 2 amide bonds. The van der Waals surface area contributed by atoms with Gasteiger partial charge in [-0.1, -0.05) is 19.3 Å². The van der Waals surface area contributed by atoms with Crippen molar-refractivity contribution in [2.45, 2.75) is 57.8 Å². The third-order valence-electron chi connectivity index (χ3n) is 5.28. The van der Waals surface area contributed by atoms with Crippen LogP contribution in [0.2, 0.25) is 0 Å². The summed E-state index contributed by atoms with van der Waals surface area (Å²) in [6.45, 7) is -0.676. The van der Waals surface area contributed by atoms with Crippen LogP contribution in [0, 0.1) is 17.2 Å². The number of aryl methyl sites for hydroxylation is 1. The predicted octanol–water partition coefficient (Wildman–Crippen LogP) is 2.68. The Hall–Kier alpha value is -2.40. The van der Waals surface area contributed by atoms with Gasteiger partial charge in [-0.05, 0) is 44.1 Å². The molecule has 7 nitrogen and oxygen atoms in total. The Balaban J connectivity index is 1.43. The molecule has 28 heavy (non-hydrogen) atoms. The molecule has 2 aliphatic rings. The van der Waals surface area contributed by atoms with Crippen molar-refractivity contribution in [3.8, 4) is 6.07 Å². The number of anilines is 1. The van der Waals surface area contributed by atoms with E-state index in [-0.39, 0.29) is 18.4 Å². The Kier molecular flexibility index (Phi) is 7.04. The van der Waals surface area contributed by atoms with Gasteiger partial charge in [-0.3, -0.25) is 14.4 Å². The van der Waals surface area contributed by atoms with Gasteiger partial charge in [0.1, 0.15) is 17.6 Å². The molecule has 2 N–H and O–H groups in total. The third kappa shape index (κ3) is 5.10. The van der Waals surface area contributed by atoms with Gasteiger partial charge in [-0.2, -0.15) is 5.26 Å². The Morgan fingerprint density at radius 1 is 1.11 bits per heavy atom. The first-order valence-electron chi connectivity index (χ1n) is 9.86. The molecule has 1 aromatic rings. The van der Waals surface area contributed by atoms with Crippen LogP contribution in [0.4, 0.5) is 5.00 Å². The Bertz CT molecular complexity index is 790. The number of nitrogens with one attached hydrogen (secondary N) is 2. The van der Waals surface area contributed by atoms with Crippen LogP contribution >= 0.6 is 11.3 Å². The summed E-state index contributed by atoms with van der Waals surface area (Å²) in [7, 11) is 0. The lowest BCUT2D eigenvalue weighted by Crippen LogP contribution is -2.36. The minimum Gasteiger partial charge on any atom is -0.454 e. The van der Waals surface area contributed by atoms with Crippen LogP contribution in [0.3, 0.4) is 0 Å². The SMILES string of the molecule is N#Cc1c(NC(=O)COC(=O)CNC(=O)C2CCCCC2)sc2c1CCCC2. The van der Waals surface area contributed by atoms with Crippen LogP contribution in [-0.4, -0.2) is 30.9 Å². The first-order valence-corrected chi connectivity index (χ1v) is 10.7. The molecule has 0 spiro atoms. The lowest BCUT2D eigenvalue weighted by molar-refractivity contribution is -0.147. The van der Waals surface area contributed by atoms with E-state index >= 15 is 0 Å². The minimum atomic E-state index is -0.648. The van der Waals surface area contributed by atoms with Crippen molar-refractivity contribution in [1.82, 2.24) is 5.32 Å². The second kappa shape index (κ2) is 9.69. The van der Waals surface area contributed by atoms with E-state index in [4.69, 9.17) is 4.74 Å². The van der Waals surface area contributed by atoms with Crippen molar-refractivity contribution in [2.24, 2.45) is 5.92 Å². The van der Waals surface area contributed by atoms with Crippen molar-refractivity contribution in [3.05, 3.63) is 16.0 Å². The van der Waals surface area contributed by atoms with E-state index < -0.39 is 18.5 Å². The van der Waals surface area contributed by atoms with Gasteiger partial charge in [0.2, 0.25) is 5.91 Å². The zero-order valence-electron chi connectivity index (χ0n) is 15.8. The van der Waals surface area contributed by atoms with Crippen LogP contribution in [0.1, 0.15) is 60.9 Å². The van der Waals surface area contributed by atoms with Crippen LogP contribution in [-0.2, 0) is 32.0 Å². The molecule has 0 bridgehead atoms. The molecule has 0 aliphatic heterocycles. The van der Waals surface area contributed by atoms with Gasteiger partial charge in [0.25, 0.3) is 5.91 Å². The number of hydrogen-bond donors (Lipinski definition) is 2. The van der Waals surface area contributed by atoms with Crippen molar-refractivity contribution < 1.29 is 19.1 Å². The topological polar surface area (TPSA) is 108 Å². The number of hydrogen-bond acceptors (Lipinski definition) is 6. The van der Waals surface area contributed by atoms with E-state index in [0.717, 1.165) is 68.2 Å². The van der Waals surface area contributed by atoms with E-state index in [1.165, 1.54) is 11.3 Å². The van der Waals surface area contributed by atoms with Crippen LogP contribution in [0.15, 0.2) is 0 Å². The van der Waals surface area contributed by atoms with E-state index in [9.17, 15) is 19.6 Å². The monoisotopic (exact) mass is 403 g/mol. The summed E-state index contributed by atoms with van der Waals surface area (Å²) >= 11 is 1.43. The molecular formula is C20H25N3O4S. The number of carbonyl (C=O) groups is 3. The second-order valence-corrected chi connectivity index (χ2v) is 8.39. The number of nitrogens with zero attached hydrogens (tertiary/aromatic N) is 1. The fraction of sp³-hybridized carbons (Fsp3) is 0.600. The van der Waals surface area contributed by atoms with Gasteiger partial charge in [-0.15, -0.1) is 11.3 Å². The zero-order valence-corrected chi connectivity index (χ0v) is 16.7. The average molecular weight is 404 g/mol. The Morgan fingerprint density at radius 2 is 1.86 bits per heavy atom. The number of rotatable bonds is 6. The molecule has 2 aliphatic carbocycles. The van der Waals surface area contributed by atoms with Crippen molar-refractivity contribution in [2.75, 3.05) is 18.5 Å². The van der Waals surface area contributed by atoms with E-state index in [1.54, 1.807) is 0 Å². The highest BCUT2D eigenvalue weighted by atomic mass is 32.1. The maximum atomic E-state index is 12.1. The summed E-state index contributed by atoms with van der Waals surface area (Å²) in [5.41, 5.74) is 1.57. The molecule has 0 radical (unpaired) electrons. The summed E-state index contributed by atoms with van der Waals surface area (Å²) in [6.07, 6.45) is 8.89. The molecule has 1 heterocycles. The van der Waals surface area contributed by atoms with Gasteiger partial charge in [0, 0.05) is 10.8 Å². The zero-order chi connectivity index (χ0) is 19.9. The standard InChI is InChI=1S/C20H25N3O4S/c21-10-15-14-8-4-5-9-16(14)28-20(15)23-17(24)12-27-18(25)11-22-19(26)13-6-2-1-3-7-13/h13H,1-9,11-12H2,(H,22,26)(H,23,24). The highest BCUT2D eigenvalue weighted by Crippen LogP contribution is 2.37. The lowest BCUT2D eigenvalue weighted by atomic mass is 9.89. The lowest BCUT2D eigenvalue weighted by Gasteiger charge is -2.20. The molecule has 8 heteroatoms. The maximum Gasteiger partial charge on any atom is 0.325 e. The van der Waals surface area contributed by atoms with Crippen LogP contribution < -0.4 is 10.6 Å². The number of esters is 1. The number of fused-ring (bicyclic) bond motifs is 1. The highest BCUT2D eigenvalue weighted by Gasteiger charge is 2.23. The maximum absolute atomic E-state index is 12.1. The minimum absolute atomic E-state index is 0.0286. The van der Waals surface area contributed by atoms with Gasteiger partial charge < -0.3 is 15.4 Å². The number of nitriles is 1. The van der Waals surface area contributed by atoms with E-state index in [1.807, 2.05) is 0 Å². The van der Waals surface area contributed by atoms with Gasteiger partial charge in [-0.25, -0.2) is 0 Å². The molecule has 1 fully saturated rings. The highest BCUT2D eigenvalue weighted by molar-refractivity contribution is 7.16. The molecule has 150 valence electrons.